The maximum atomic E-state index is 13.3. The lowest BCUT2D eigenvalue weighted by molar-refractivity contribution is 0.104. The van der Waals surface area contributed by atoms with Gasteiger partial charge in [0.1, 0.15) is 0 Å². The Bertz CT molecular complexity index is 1010. The zero-order valence-electron chi connectivity index (χ0n) is 14.6. The van der Waals surface area contributed by atoms with Crippen LogP contribution in [0.2, 0.25) is 0 Å². The molecule has 0 bridgehead atoms. The summed E-state index contributed by atoms with van der Waals surface area (Å²) in [6.45, 7) is 0. The van der Waals surface area contributed by atoms with Crippen molar-refractivity contribution in [1.29, 1.82) is 0 Å². The van der Waals surface area contributed by atoms with E-state index in [1.807, 2.05) is 0 Å². The van der Waals surface area contributed by atoms with Crippen LogP contribution >= 0.6 is 0 Å². The highest BCUT2D eigenvalue weighted by atomic mass is 19.2. The van der Waals surface area contributed by atoms with Crippen molar-refractivity contribution in [3.05, 3.63) is 71.4 Å². The monoisotopic (exact) mass is 370 g/mol. The zero-order valence-corrected chi connectivity index (χ0v) is 14.6. The second-order valence-corrected chi connectivity index (χ2v) is 5.60. The number of rotatable bonds is 6. The number of H-pyrrole nitrogens is 1. The van der Waals surface area contributed by atoms with Crippen molar-refractivity contribution in [2.45, 2.75) is 0 Å². The predicted molar refractivity (Wildman–Crippen MR) is 96.9 cm³/mol. The summed E-state index contributed by atoms with van der Waals surface area (Å²) in [4.78, 5) is 12.3. The number of carbonyl (C=O) groups excluding carboxylic acids is 1. The third kappa shape index (κ3) is 4.03. The highest BCUT2D eigenvalue weighted by molar-refractivity contribution is 6.07. The Balaban J connectivity index is 1.77. The first-order valence-electron chi connectivity index (χ1n) is 7.97. The van der Waals surface area contributed by atoms with Gasteiger partial charge in [-0.1, -0.05) is 0 Å². The van der Waals surface area contributed by atoms with Crippen LogP contribution in [0.3, 0.4) is 0 Å². The van der Waals surface area contributed by atoms with Crippen molar-refractivity contribution in [3.8, 4) is 22.8 Å². The topological polar surface area (TPSA) is 64.2 Å². The maximum Gasteiger partial charge on any atom is 0.186 e. The van der Waals surface area contributed by atoms with Gasteiger partial charge in [-0.3, -0.25) is 9.89 Å². The number of aromatic amines is 1. The van der Waals surface area contributed by atoms with Crippen molar-refractivity contribution < 1.29 is 23.0 Å². The molecule has 1 aromatic heterocycles. The van der Waals surface area contributed by atoms with E-state index in [4.69, 9.17) is 9.47 Å². The fourth-order valence-electron chi connectivity index (χ4n) is 2.48. The van der Waals surface area contributed by atoms with E-state index < -0.39 is 11.6 Å². The number of benzene rings is 2. The third-order valence-electron chi connectivity index (χ3n) is 3.90. The molecule has 0 aliphatic carbocycles. The minimum Gasteiger partial charge on any atom is -0.493 e. The molecule has 1 heterocycles. The number of nitrogens with one attached hydrogen (secondary N) is 1. The molecule has 27 heavy (non-hydrogen) atoms. The highest BCUT2D eigenvalue weighted by Crippen LogP contribution is 2.28. The molecule has 0 fully saturated rings. The van der Waals surface area contributed by atoms with Gasteiger partial charge in [0.25, 0.3) is 0 Å². The zero-order chi connectivity index (χ0) is 19.4. The largest absolute Gasteiger partial charge is 0.493 e. The fourth-order valence-corrected chi connectivity index (χ4v) is 2.48. The van der Waals surface area contributed by atoms with Gasteiger partial charge >= 0.3 is 0 Å². The van der Waals surface area contributed by atoms with Crippen LogP contribution in [0, 0.1) is 11.6 Å². The van der Waals surface area contributed by atoms with Gasteiger partial charge in [0.05, 0.1) is 25.6 Å². The molecular weight excluding hydrogens is 354 g/mol. The van der Waals surface area contributed by atoms with E-state index in [2.05, 4.69) is 10.2 Å². The number of hydrogen-bond acceptors (Lipinski definition) is 4. The summed E-state index contributed by atoms with van der Waals surface area (Å²) in [7, 11) is 3.01. The van der Waals surface area contributed by atoms with Gasteiger partial charge in [0.15, 0.2) is 28.9 Å². The van der Waals surface area contributed by atoms with E-state index in [9.17, 15) is 13.6 Å². The minimum atomic E-state index is -0.948. The van der Waals surface area contributed by atoms with E-state index >= 15 is 0 Å². The number of ether oxygens (including phenoxy) is 2. The standard InChI is InChI=1S/C20H16F2N2O3/c1-26-19-8-4-13(10-20(19)27-2)18(25)7-5-14-11-17(24-23-14)12-3-6-15(21)16(22)9-12/h3-11H,1-2H3,(H,23,24). The van der Waals surface area contributed by atoms with Crippen molar-refractivity contribution in [2.75, 3.05) is 14.2 Å². The molecule has 0 saturated carbocycles. The Kier molecular flexibility index (Phi) is 5.30. The van der Waals surface area contributed by atoms with Crippen molar-refractivity contribution in [1.82, 2.24) is 10.2 Å². The quantitative estimate of drug-likeness (QED) is 0.520. The van der Waals surface area contributed by atoms with Crippen molar-refractivity contribution >= 4 is 11.9 Å². The lowest BCUT2D eigenvalue weighted by atomic mass is 10.1. The second-order valence-electron chi connectivity index (χ2n) is 5.60. The lowest BCUT2D eigenvalue weighted by Gasteiger charge is -2.07. The molecular formula is C20H16F2N2O3. The summed E-state index contributed by atoms with van der Waals surface area (Å²) >= 11 is 0. The van der Waals surface area contributed by atoms with Crippen molar-refractivity contribution in [3.63, 3.8) is 0 Å². The summed E-state index contributed by atoms with van der Waals surface area (Å²) < 4.78 is 36.7. The normalized spacial score (nSPS) is 11.0. The van der Waals surface area contributed by atoms with Crippen LogP contribution in [0.5, 0.6) is 11.5 Å². The molecule has 138 valence electrons. The fraction of sp³-hybridized carbons (Fsp3) is 0.100. The molecule has 0 unspecified atom stereocenters. The van der Waals surface area contributed by atoms with Gasteiger partial charge in [-0.05, 0) is 54.6 Å². The predicted octanol–water partition coefficient (Wildman–Crippen LogP) is 4.27. The summed E-state index contributed by atoms with van der Waals surface area (Å²) in [5.41, 5.74) is 1.84. The van der Waals surface area contributed by atoms with Gasteiger partial charge in [0.2, 0.25) is 0 Å². The van der Waals surface area contributed by atoms with E-state index in [1.54, 1.807) is 30.3 Å². The number of aromatic nitrogens is 2. The summed E-state index contributed by atoms with van der Waals surface area (Å²) in [5, 5.41) is 6.78. The van der Waals surface area contributed by atoms with Gasteiger partial charge in [0, 0.05) is 11.1 Å². The Labute approximate surface area is 154 Å². The Morgan fingerprint density at radius 2 is 1.78 bits per heavy atom. The molecule has 7 heteroatoms. The number of hydrogen-bond donors (Lipinski definition) is 1. The van der Waals surface area contributed by atoms with Crippen LogP contribution in [0.4, 0.5) is 8.78 Å². The number of allylic oxidation sites excluding steroid dienone is 1. The SMILES string of the molecule is COc1ccc(C(=O)C=Cc2cc(-c3ccc(F)c(F)c3)n[nH]2)cc1OC. The number of methoxy groups -OCH3 is 2. The summed E-state index contributed by atoms with van der Waals surface area (Å²) in [5.74, 6) is -1.12. The first-order chi connectivity index (χ1) is 13.0. The van der Waals surface area contributed by atoms with E-state index in [1.165, 1.54) is 26.4 Å². The first kappa shape index (κ1) is 18.3. The van der Waals surface area contributed by atoms with E-state index in [0.717, 1.165) is 12.1 Å². The first-order valence-corrected chi connectivity index (χ1v) is 7.97. The number of ketones is 1. The smallest absolute Gasteiger partial charge is 0.186 e. The van der Waals surface area contributed by atoms with Gasteiger partial charge < -0.3 is 9.47 Å². The molecule has 0 spiro atoms. The van der Waals surface area contributed by atoms with Crippen LogP contribution < -0.4 is 9.47 Å². The molecule has 1 N–H and O–H groups in total. The molecule has 0 amide bonds. The van der Waals surface area contributed by atoms with Crippen LogP contribution in [-0.2, 0) is 0 Å². The van der Waals surface area contributed by atoms with Crippen LogP contribution in [0.15, 0.2) is 48.5 Å². The number of nitrogens with zero attached hydrogens (tertiary/aromatic N) is 1. The van der Waals surface area contributed by atoms with Crippen LogP contribution in [-0.4, -0.2) is 30.2 Å². The molecule has 0 aliphatic rings. The Hall–Kier alpha value is -3.48. The highest BCUT2D eigenvalue weighted by Gasteiger charge is 2.10. The molecule has 5 nitrogen and oxygen atoms in total. The number of carbonyl (C=O) groups is 1. The lowest BCUT2D eigenvalue weighted by Crippen LogP contribution is -1.97. The van der Waals surface area contributed by atoms with Gasteiger partial charge in [-0.15, -0.1) is 0 Å². The molecule has 2 aromatic carbocycles. The molecule has 3 aromatic rings. The average molecular weight is 370 g/mol. The molecule has 0 atom stereocenters. The van der Waals surface area contributed by atoms with Gasteiger partial charge in [-0.2, -0.15) is 5.10 Å². The molecule has 0 radical (unpaired) electrons. The molecule has 0 saturated heterocycles. The maximum absolute atomic E-state index is 13.3. The Morgan fingerprint density at radius 1 is 1.00 bits per heavy atom. The van der Waals surface area contributed by atoms with E-state index in [0.29, 0.717) is 34.0 Å². The van der Waals surface area contributed by atoms with E-state index in [-0.39, 0.29) is 5.78 Å². The summed E-state index contributed by atoms with van der Waals surface area (Å²) in [6.07, 6.45) is 2.93. The van der Waals surface area contributed by atoms with Gasteiger partial charge in [-0.25, -0.2) is 8.78 Å². The molecule has 0 aliphatic heterocycles. The summed E-state index contributed by atoms with van der Waals surface area (Å²) in [6, 6.07) is 10.0. The Morgan fingerprint density at radius 3 is 2.48 bits per heavy atom. The third-order valence-corrected chi connectivity index (χ3v) is 3.90. The van der Waals surface area contributed by atoms with Crippen molar-refractivity contribution in [2.24, 2.45) is 0 Å². The van der Waals surface area contributed by atoms with Crippen LogP contribution in [0.25, 0.3) is 17.3 Å². The number of halogens is 2. The average Bonchev–Trinajstić information content (AvgIpc) is 3.16. The van der Waals surface area contributed by atoms with Crippen LogP contribution in [0.1, 0.15) is 16.1 Å². The minimum absolute atomic E-state index is 0.236. The molecule has 3 rings (SSSR count). The second kappa shape index (κ2) is 7.82.